The molecular formula is C58H45N3. The van der Waals surface area contributed by atoms with E-state index in [0.717, 1.165) is 22.7 Å². The molecule has 2 heterocycles. The number of hydrogen-bond acceptors (Lipinski definition) is 1. The largest absolute Gasteiger partial charge is 0.311 e. The molecule has 0 saturated carbocycles. The molecule has 11 aromatic rings. The molecule has 0 aliphatic carbocycles. The quantitative estimate of drug-likeness (QED) is 0.157. The Hall–Kier alpha value is -7.62. The van der Waals surface area contributed by atoms with Crippen LogP contribution in [0.3, 0.4) is 0 Å². The number of aromatic nitrogens is 2. The van der Waals surface area contributed by atoms with E-state index in [1.165, 1.54) is 77.1 Å². The molecule has 61 heavy (non-hydrogen) atoms. The van der Waals surface area contributed by atoms with Gasteiger partial charge in [-0.25, -0.2) is 0 Å². The van der Waals surface area contributed by atoms with Crippen LogP contribution in [0.5, 0.6) is 0 Å². The molecular weight excluding hydrogens is 739 g/mol. The molecule has 2 aromatic heterocycles. The first kappa shape index (κ1) is 36.5. The number of benzene rings is 9. The summed E-state index contributed by atoms with van der Waals surface area (Å²) in [5.74, 6) is 0. The molecule has 0 amide bonds. The van der Waals surface area contributed by atoms with Crippen LogP contribution in [0.4, 0.5) is 17.1 Å². The van der Waals surface area contributed by atoms with E-state index >= 15 is 0 Å². The van der Waals surface area contributed by atoms with Crippen molar-refractivity contribution in [2.45, 2.75) is 26.2 Å². The van der Waals surface area contributed by atoms with Gasteiger partial charge in [0.15, 0.2) is 0 Å². The smallest absolute Gasteiger partial charge is 0.0541 e. The maximum absolute atomic E-state index is 2.41. The molecule has 0 spiro atoms. The van der Waals surface area contributed by atoms with Crippen LogP contribution in [-0.2, 0) is 5.41 Å². The van der Waals surface area contributed by atoms with E-state index in [-0.39, 0.29) is 5.41 Å². The molecule has 0 N–H and O–H groups in total. The number of rotatable bonds is 7. The van der Waals surface area contributed by atoms with Gasteiger partial charge >= 0.3 is 0 Å². The fraction of sp³-hybridized carbons (Fsp3) is 0.0690. The molecule has 9 aromatic carbocycles. The first-order valence-electron chi connectivity index (χ1n) is 21.2. The minimum atomic E-state index is 0.0382. The van der Waals surface area contributed by atoms with Crippen molar-refractivity contribution in [1.29, 1.82) is 0 Å². The zero-order valence-corrected chi connectivity index (χ0v) is 34.6. The summed E-state index contributed by atoms with van der Waals surface area (Å²) >= 11 is 0. The predicted molar refractivity (Wildman–Crippen MR) is 259 cm³/mol. The highest BCUT2D eigenvalue weighted by molar-refractivity contribution is 6.13. The molecule has 3 heteroatoms. The molecule has 0 fully saturated rings. The average Bonchev–Trinajstić information content (AvgIpc) is 3.82. The van der Waals surface area contributed by atoms with Crippen molar-refractivity contribution in [3.63, 3.8) is 0 Å². The lowest BCUT2D eigenvalue weighted by molar-refractivity contribution is 0.591. The second kappa shape index (κ2) is 14.6. The van der Waals surface area contributed by atoms with Gasteiger partial charge in [-0.1, -0.05) is 130 Å². The van der Waals surface area contributed by atoms with Crippen molar-refractivity contribution in [1.82, 2.24) is 9.13 Å². The van der Waals surface area contributed by atoms with E-state index in [4.69, 9.17) is 0 Å². The molecule has 0 radical (unpaired) electrons. The van der Waals surface area contributed by atoms with Crippen LogP contribution in [0, 0.1) is 0 Å². The van der Waals surface area contributed by atoms with Gasteiger partial charge in [-0.05, 0) is 142 Å². The van der Waals surface area contributed by atoms with Crippen molar-refractivity contribution >= 4 is 60.7 Å². The van der Waals surface area contributed by atoms with Gasteiger partial charge < -0.3 is 14.0 Å². The third-order valence-corrected chi connectivity index (χ3v) is 12.2. The fourth-order valence-corrected chi connectivity index (χ4v) is 9.17. The topological polar surface area (TPSA) is 13.1 Å². The molecule has 0 aliphatic rings. The lowest BCUT2D eigenvalue weighted by Gasteiger charge is -2.25. The van der Waals surface area contributed by atoms with Crippen molar-refractivity contribution in [2.24, 2.45) is 0 Å². The minimum Gasteiger partial charge on any atom is -0.311 e. The van der Waals surface area contributed by atoms with Crippen molar-refractivity contribution < 1.29 is 0 Å². The second-order valence-corrected chi connectivity index (χ2v) is 17.1. The van der Waals surface area contributed by atoms with Gasteiger partial charge in [0.05, 0.1) is 22.1 Å². The van der Waals surface area contributed by atoms with Crippen molar-refractivity contribution in [3.8, 4) is 33.6 Å². The summed E-state index contributed by atoms with van der Waals surface area (Å²) < 4.78 is 4.82. The van der Waals surface area contributed by atoms with Crippen LogP contribution in [0.15, 0.2) is 218 Å². The highest BCUT2D eigenvalue weighted by atomic mass is 15.1. The van der Waals surface area contributed by atoms with Crippen LogP contribution in [0.1, 0.15) is 26.3 Å². The van der Waals surface area contributed by atoms with Gasteiger partial charge in [0, 0.05) is 50.0 Å². The summed E-state index contributed by atoms with van der Waals surface area (Å²) in [7, 11) is 0. The van der Waals surface area contributed by atoms with Crippen LogP contribution < -0.4 is 4.90 Å². The Morgan fingerprint density at radius 3 is 1.05 bits per heavy atom. The Bertz CT molecular complexity index is 3310. The summed E-state index contributed by atoms with van der Waals surface area (Å²) in [5, 5.41) is 5.00. The second-order valence-electron chi connectivity index (χ2n) is 17.1. The molecule has 11 rings (SSSR count). The fourth-order valence-electron chi connectivity index (χ4n) is 9.17. The summed E-state index contributed by atoms with van der Waals surface area (Å²) in [6.07, 6.45) is 0. The van der Waals surface area contributed by atoms with E-state index in [1.54, 1.807) is 0 Å². The first-order chi connectivity index (χ1) is 29.9. The lowest BCUT2D eigenvalue weighted by Crippen LogP contribution is -2.10. The molecule has 3 nitrogen and oxygen atoms in total. The van der Waals surface area contributed by atoms with Crippen molar-refractivity contribution in [3.05, 3.63) is 224 Å². The van der Waals surface area contributed by atoms with Crippen LogP contribution in [-0.4, -0.2) is 9.13 Å². The Morgan fingerprint density at radius 2 is 0.639 bits per heavy atom. The zero-order chi connectivity index (χ0) is 41.1. The normalized spacial score (nSPS) is 11.9. The molecule has 0 bridgehead atoms. The summed E-state index contributed by atoms with van der Waals surface area (Å²) in [6.45, 7) is 6.88. The Kier molecular flexibility index (Phi) is 8.72. The van der Waals surface area contributed by atoms with E-state index in [0.29, 0.717) is 0 Å². The monoisotopic (exact) mass is 783 g/mol. The first-order valence-corrected chi connectivity index (χ1v) is 21.2. The van der Waals surface area contributed by atoms with Crippen LogP contribution >= 0.6 is 0 Å². The van der Waals surface area contributed by atoms with E-state index in [9.17, 15) is 0 Å². The van der Waals surface area contributed by atoms with Crippen LogP contribution in [0.2, 0.25) is 0 Å². The zero-order valence-electron chi connectivity index (χ0n) is 34.6. The highest BCUT2D eigenvalue weighted by Crippen LogP contribution is 2.41. The number of fused-ring (bicyclic) bond motifs is 6. The maximum atomic E-state index is 2.41. The Labute approximate surface area is 357 Å². The third kappa shape index (κ3) is 6.38. The van der Waals surface area contributed by atoms with E-state index in [2.05, 4.69) is 253 Å². The standard InChI is InChI=1S/C58H45N3/c1-58(2,3)44-29-35-57-53(39-44)52-38-43(28-34-56(52)61(57)48-22-14-7-15-23-48)42-27-33-55-51(37-42)50-36-41(26-32-54(50)60(55)47-20-12-6-13-21-47)40-24-30-49(31-25-40)59(45-16-8-4-9-17-45)46-18-10-5-11-19-46/h4-39H,1-3H3. The summed E-state index contributed by atoms with van der Waals surface area (Å²) in [5.41, 5.74) is 16.7. The lowest BCUT2D eigenvalue weighted by atomic mass is 9.86. The molecule has 0 saturated heterocycles. The van der Waals surface area contributed by atoms with Gasteiger partial charge in [-0.2, -0.15) is 0 Å². The van der Waals surface area contributed by atoms with Gasteiger partial charge in [0.1, 0.15) is 0 Å². The van der Waals surface area contributed by atoms with Gasteiger partial charge in [-0.3, -0.25) is 0 Å². The Balaban J connectivity index is 1.06. The number of anilines is 3. The van der Waals surface area contributed by atoms with Gasteiger partial charge in [0.25, 0.3) is 0 Å². The van der Waals surface area contributed by atoms with Crippen LogP contribution in [0.25, 0.3) is 77.2 Å². The van der Waals surface area contributed by atoms with Gasteiger partial charge in [0.2, 0.25) is 0 Å². The molecule has 0 unspecified atom stereocenters. The molecule has 0 atom stereocenters. The summed E-state index contributed by atoms with van der Waals surface area (Å²) in [6, 6.07) is 79.6. The van der Waals surface area contributed by atoms with Crippen molar-refractivity contribution in [2.75, 3.05) is 4.90 Å². The minimum absolute atomic E-state index is 0.0382. The number of para-hydroxylation sites is 4. The predicted octanol–water partition coefficient (Wildman–Crippen LogP) is 16.0. The van der Waals surface area contributed by atoms with E-state index in [1.807, 2.05) is 0 Å². The van der Waals surface area contributed by atoms with Gasteiger partial charge in [-0.15, -0.1) is 0 Å². The average molecular weight is 784 g/mol. The highest BCUT2D eigenvalue weighted by Gasteiger charge is 2.20. The summed E-state index contributed by atoms with van der Waals surface area (Å²) in [4.78, 5) is 2.31. The molecule has 0 aliphatic heterocycles. The third-order valence-electron chi connectivity index (χ3n) is 12.2. The van der Waals surface area contributed by atoms with E-state index < -0.39 is 0 Å². The maximum Gasteiger partial charge on any atom is 0.0541 e. The Morgan fingerprint density at radius 1 is 0.311 bits per heavy atom. The SMILES string of the molecule is CC(C)(C)c1ccc2c(c1)c1cc(-c3ccc4c(c3)c3cc(-c5ccc(N(c6ccccc6)c6ccccc6)cc5)ccc3n4-c3ccccc3)ccc1n2-c1ccccc1. The number of nitrogens with zero attached hydrogens (tertiary/aromatic N) is 3. The number of hydrogen-bond donors (Lipinski definition) is 0. The molecule has 292 valence electrons.